The van der Waals surface area contributed by atoms with Gasteiger partial charge in [-0.1, -0.05) is 36.9 Å². The lowest BCUT2D eigenvalue weighted by Gasteiger charge is -2.26. The van der Waals surface area contributed by atoms with Crippen LogP contribution in [0.15, 0.2) is 91.2 Å². The van der Waals surface area contributed by atoms with Gasteiger partial charge in [0.25, 0.3) is 0 Å². The molecule has 0 spiro atoms. The summed E-state index contributed by atoms with van der Waals surface area (Å²) in [6.45, 7) is 5.90. The number of allylic oxidation sites excluding steroid dienone is 4. The molecule has 2 aromatic carbocycles. The molecular weight excluding hydrogens is 268 g/mol. The molecule has 0 amide bonds. The summed E-state index contributed by atoms with van der Waals surface area (Å²) in [7, 11) is 0. The largest absolute Gasteiger partial charge is 0.311 e. The van der Waals surface area contributed by atoms with Crippen LogP contribution >= 0.6 is 0 Å². The van der Waals surface area contributed by atoms with Gasteiger partial charge >= 0.3 is 0 Å². The van der Waals surface area contributed by atoms with Crippen LogP contribution in [0.2, 0.25) is 0 Å². The zero-order valence-electron chi connectivity index (χ0n) is 12.6. The molecule has 0 fully saturated rings. The van der Waals surface area contributed by atoms with Gasteiger partial charge in [-0.25, -0.2) is 0 Å². The second-order valence-corrected chi connectivity index (χ2v) is 4.65. The first-order valence-corrected chi connectivity index (χ1v) is 7.11. The van der Waals surface area contributed by atoms with Gasteiger partial charge in [0, 0.05) is 17.1 Å². The Morgan fingerprint density at radius 2 is 1.68 bits per heavy atom. The van der Waals surface area contributed by atoms with Gasteiger partial charge in [-0.2, -0.15) is 5.26 Å². The van der Waals surface area contributed by atoms with E-state index in [2.05, 4.69) is 17.5 Å². The lowest BCUT2D eigenvalue weighted by atomic mass is 10.1. The predicted molar refractivity (Wildman–Crippen MR) is 92.8 cm³/mol. The van der Waals surface area contributed by atoms with E-state index in [4.69, 9.17) is 5.26 Å². The predicted octanol–water partition coefficient (Wildman–Crippen LogP) is 5.34. The van der Waals surface area contributed by atoms with Gasteiger partial charge in [-0.3, -0.25) is 0 Å². The maximum absolute atomic E-state index is 8.96. The molecule has 0 aliphatic carbocycles. The third-order valence-corrected chi connectivity index (χ3v) is 3.20. The van der Waals surface area contributed by atoms with E-state index in [1.165, 1.54) is 0 Å². The molecule has 0 aliphatic rings. The van der Waals surface area contributed by atoms with Gasteiger partial charge in [0.1, 0.15) is 0 Å². The van der Waals surface area contributed by atoms with E-state index in [0.717, 1.165) is 17.1 Å². The van der Waals surface area contributed by atoms with Crippen molar-refractivity contribution in [1.29, 1.82) is 5.26 Å². The van der Waals surface area contributed by atoms with Crippen LogP contribution in [0, 0.1) is 11.3 Å². The Hall–Kier alpha value is -3.05. The van der Waals surface area contributed by atoms with E-state index in [-0.39, 0.29) is 0 Å². The van der Waals surface area contributed by atoms with Crippen molar-refractivity contribution in [2.45, 2.75) is 6.92 Å². The Balaban J connectivity index is 2.54. The molecule has 2 aromatic rings. The number of nitriles is 1. The minimum absolute atomic E-state index is 0.648. The second-order valence-electron chi connectivity index (χ2n) is 4.65. The van der Waals surface area contributed by atoms with E-state index in [1.807, 2.05) is 85.8 Å². The molecule has 2 rings (SSSR count). The molecule has 0 saturated carbocycles. The number of hydrogen-bond donors (Lipinski definition) is 0. The minimum Gasteiger partial charge on any atom is -0.311 e. The molecule has 0 unspecified atom stereocenters. The van der Waals surface area contributed by atoms with Crippen molar-refractivity contribution in [3.63, 3.8) is 0 Å². The van der Waals surface area contributed by atoms with Crippen LogP contribution in [0.25, 0.3) is 0 Å². The van der Waals surface area contributed by atoms with E-state index in [9.17, 15) is 0 Å². The molecule has 0 N–H and O–H groups in total. The van der Waals surface area contributed by atoms with Gasteiger partial charge in [0.15, 0.2) is 0 Å². The summed E-state index contributed by atoms with van der Waals surface area (Å²) in [6, 6.07) is 19.8. The summed E-state index contributed by atoms with van der Waals surface area (Å²) in [5.41, 5.74) is 3.65. The number of rotatable bonds is 5. The Kier molecular flexibility index (Phi) is 5.34. The zero-order chi connectivity index (χ0) is 15.8. The highest BCUT2D eigenvalue weighted by atomic mass is 15.1. The van der Waals surface area contributed by atoms with E-state index >= 15 is 0 Å². The smallest absolute Gasteiger partial charge is 0.0991 e. The van der Waals surface area contributed by atoms with E-state index < -0.39 is 0 Å². The molecule has 0 saturated heterocycles. The minimum atomic E-state index is 0.648. The first kappa shape index (κ1) is 15.3. The van der Waals surface area contributed by atoms with Crippen LogP contribution in [0.4, 0.5) is 11.4 Å². The molecule has 0 aromatic heterocycles. The molecule has 2 nitrogen and oxygen atoms in total. The van der Waals surface area contributed by atoms with E-state index in [1.54, 1.807) is 0 Å². The summed E-state index contributed by atoms with van der Waals surface area (Å²) in [6.07, 6.45) is 7.80. The Morgan fingerprint density at radius 3 is 2.23 bits per heavy atom. The van der Waals surface area contributed by atoms with Gasteiger partial charge in [-0.05, 0) is 55.5 Å². The van der Waals surface area contributed by atoms with Crippen molar-refractivity contribution >= 4 is 11.4 Å². The van der Waals surface area contributed by atoms with Crippen LogP contribution in [0.3, 0.4) is 0 Å². The lowest BCUT2D eigenvalue weighted by molar-refractivity contribution is 1.21. The van der Waals surface area contributed by atoms with Crippen molar-refractivity contribution in [3.8, 4) is 6.07 Å². The highest BCUT2D eigenvalue weighted by Gasteiger charge is 2.11. The average molecular weight is 286 g/mol. The summed E-state index contributed by atoms with van der Waals surface area (Å²) < 4.78 is 0. The number of benzene rings is 2. The molecule has 0 radical (unpaired) electrons. The third kappa shape index (κ3) is 3.53. The van der Waals surface area contributed by atoms with E-state index in [0.29, 0.717) is 5.56 Å². The quantitative estimate of drug-likeness (QED) is 0.693. The topological polar surface area (TPSA) is 27.0 Å². The first-order valence-electron chi connectivity index (χ1n) is 7.11. The molecule has 0 bridgehead atoms. The fourth-order valence-electron chi connectivity index (χ4n) is 2.14. The van der Waals surface area contributed by atoms with Crippen molar-refractivity contribution in [2.75, 3.05) is 4.90 Å². The molecule has 0 heterocycles. The van der Waals surface area contributed by atoms with Crippen LogP contribution in [0.5, 0.6) is 0 Å². The van der Waals surface area contributed by atoms with Crippen LogP contribution in [0.1, 0.15) is 12.5 Å². The van der Waals surface area contributed by atoms with Crippen molar-refractivity contribution in [3.05, 3.63) is 96.7 Å². The normalized spacial score (nSPS) is 11.2. The van der Waals surface area contributed by atoms with Crippen LogP contribution in [-0.2, 0) is 0 Å². The van der Waals surface area contributed by atoms with Crippen LogP contribution in [-0.4, -0.2) is 0 Å². The van der Waals surface area contributed by atoms with Gasteiger partial charge < -0.3 is 4.90 Å². The highest BCUT2D eigenvalue weighted by molar-refractivity contribution is 5.70. The van der Waals surface area contributed by atoms with Crippen molar-refractivity contribution in [1.82, 2.24) is 0 Å². The number of nitrogens with zero attached hydrogens (tertiary/aromatic N) is 2. The molecule has 108 valence electrons. The van der Waals surface area contributed by atoms with Gasteiger partial charge in [-0.15, -0.1) is 0 Å². The number of anilines is 2. The molecule has 2 heteroatoms. The Morgan fingerprint density at radius 1 is 1.05 bits per heavy atom. The summed E-state index contributed by atoms with van der Waals surface area (Å²) in [5, 5.41) is 8.96. The summed E-state index contributed by atoms with van der Waals surface area (Å²) in [5.74, 6) is 0. The Labute approximate surface area is 131 Å². The van der Waals surface area contributed by atoms with Crippen molar-refractivity contribution in [2.24, 2.45) is 0 Å². The standard InChI is InChI=1S/C20H18N2/c1-3-5-9-18(4-2)22(19-10-7-6-8-11-19)20-14-12-17(16-21)13-15-20/h3-15H,2H2,1H3/b5-3-,18-9+. The monoisotopic (exact) mass is 286 g/mol. The van der Waals surface area contributed by atoms with Crippen LogP contribution < -0.4 is 4.90 Å². The van der Waals surface area contributed by atoms with Crippen molar-refractivity contribution < 1.29 is 0 Å². The molecule has 0 aliphatic heterocycles. The molecule has 0 atom stereocenters. The second kappa shape index (κ2) is 7.66. The summed E-state index contributed by atoms with van der Waals surface area (Å²) in [4.78, 5) is 2.11. The number of para-hydroxylation sites is 1. The summed E-state index contributed by atoms with van der Waals surface area (Å²) >= 11 is 0. The maximum Gasteiger partial charge on any atom is 0.0991 e. The first-order chi connectivity index (χ1) is 10.8. The lowest BCUT2D eigenvalue weighted by Crippen LogP contribution is -2.14. The van der Waals surface area contributed by atoms with Gasteiger partial charge in [0.05, 0.1) is 11.6 Å². The maximum atomic E-state index is 8.96. The highest BCUT2D eigenvalue weighted by Crippen LogP contribution is 2.30. The fourth-order valence-corrected chi connectivity index (χ4v) is 2.14. The molecule has 22 heavy (non-hydrogen) atoms. The van der Waals surface area contributed by atoms with Gasteiger partial charge in [0.2, 0.25) is 0 Å². The SMILES string of the molecule is C=C/C(=C\C=C/C)N(c1ccccc1)c1ccc(C#N)cc1. The Bertz CT molecular complexity index is 717. The fraction of sp³-hybridized carbons (Fsp3) is 0.0500. The molecular formula is C20H18N2. The zero-order valence-corrected chi connectivity index (χ0v) is 12.6. The average Bonchev–Trinajstić information content (AvgIpc) is 2.59. The third-order valence-electron chi connectivity index (χ3n) is 3.20. The number of hydrogen-bond acceptors (Lipinski definition) is 2.